The molecule has 2 aromatic carbocycles. The Kier molecular flexibility index (Phi) is 4.16. The molecule has 156 valence electrons. The van der Waals surface area contributed by atoms with Crippen molar-refractivity contribution < 1.29 is 10.2 Å². The molecular formula is C27H26N2O2. The second-order valence-electron chi connectivity index (χ2n) is 8.78. The van der Waals surface area contributed by atoms with Crippen molar-refractivity contribution in [3.63, 3.8) is 0 Å². The lowest BCUT2D eigenvalue weighted by atomic mass is 9.81. The number of para-hydroxylation sites is 2. The summed E-state index contributed by atoms with van der Waals surface area (Å²) in [5, 5.41) is 21.6. The first-order valence-electron chi connectivity index (χ1n) is 10.5. The molecule has 0 fully saturated rings. The maximum atomic E-state index is 10.8. The fourth-order valence-corrected chi connectivity index (χ4v) is 4.77. The van der Waals surface area contributed by atoms with E-state index >= 15 is 0 Å². The molecule has 1 aliphatic carbocycles. The minimum absolute atomic E-state index is 0.123. The second-order valence-corrected chi connectivity index (χ2v) is 8.78. The van der Waals surface area contributed by atoms with Crippen LogP contribution in [0, 0.1) is 0 Å². The summed E-state index contributed by atoms with van der Waals surface area (Å²) in [4.78, 5) is 4.19. The molecule has 2 heterocycles. The number of likely N-dealkylation sites (N-methyl/N-ethyl adjacent to an activating group) is 2. The van der Waals surface area contributed by atoms with Gasteiger partial charge >= 0.3 is 0 Å². The average molecular weight is 411 g/mol. The minimum Gasteiger partial charge on any atom is -0.506 e. The molecule has 31 heavy (non-hydrogen) atoms. The second kappa shape index (κ2) is 6.67. The van der Waals surface area contributed by atoms with E-state index < -0.39 is 0 Å². The third kappa shape index (κ3) is 2.75. The highest BCUT2D eigenvalue weighted by atomic mass is 16.3. The summed E-state index contributed by atoms with van der Waals surface area (Å²) in [6.45, 7) is 4.33. The van der Waals surface area contributed by atoms with E-state index in [0.29, 0.717) is 11.1 Å². The van der Waals surface area contributed by atoms with Crippen molar-refractivity contribution in [1.82, 2.24) is 0 Å². The van der Waals surface area contributed by atoms with Gasteiger partial charge in [0.05, 0.1) is 11.1 Å². The van der Waals surface area contributed by atoms with Crippen LogP contribution in [-0.2, 0) is 5.41 Å². The van der Waals surface area contributed by atoms with E-state index in [4.69, 9.17) is 0 Å². The molecule has 0 radical (unpaired) electrons. The van der Waals surface area contributed by atoms with Crippen LogP contribution in [-0.4, -0.2) is 24.3 Å². The van der Waals surface area contributed by atoms with Crippen LogP contribution in [0.5, 0.6) is 0 Å². The topological polar surface area (TPSA) is 46.9 Å². The lowest BCUT2D eigenvalue weighted by Gasteiger charge is -2.29. The first-order chi connectivity index (χ1) is 14.8. The highest BCUT2D eigenvalue weighted by Gasteiger charge is 2.39. The van der Waals surface area contributed by atoms with Gasteiger partial charge in [0.25, 0.3) is 0 Å². The predicted octanol–water partition coefficient (Wildman–Crippen LogP) is 5.98. The molecule has 0 unspecified atom stereocenters. The molecule has 0 aromatic heterocycles. The normalized spacial score (nSPS) is 21.7. The molecule has 0 atom stereocenters. The molecule has 4 nitrogen and oxygen atoms in total. The van der Waals surface area contributed by atoms with Gasteiger partial charge in [-0.05, 0) is 41.5 Å². The Morgan fingerprint density at radius 2 is 1.35 bits per heavy atom. The molecule has 5 rings (SSSR count). The summed E-state index contributed by atoms with van der Waals surface area (Å²) in [5.74, 6) is 0.247. The highest BCUT2D eigenvalue weighted by Crippen LogP contribution is 2.48. The van der Waals surface area contributed by atoms with E-state index in [2.05, 4.69) is 47.9 Å². The number of rotatable bonds is 2. The van der Waals surface area contributed by atoms with Crippen LogP contribution in [0.2, 0.25) is 0 Å². The number of hydrogen-bond donors (Lipinski definition) is 2. The first-order valence-corrected chi connectivity index (χ1v) is 10.5. The SMILES string of the molecule is CN1C(=CC2=C(O)C(C=C3N(C)c4ccccc4C3(C)C)=C2O)C=Cc2ccccc21. The Hall–Kier alpha value is -3.66. The molecule has 0 amide bonds. The van der Waals surface area contributed by atoms with Crippen LogP contribution in [0.3, 0.4) is 0 Å². The van der Waals surface area contributed by atoms with E-state index in [1.807, 2.05) is 62.7 Å². The number of aliphatic hydroxyl groups excluding tert-OH is 2. The third-order valence-electron chi connectivity index (χ3n) is 6.65. The fraction of sp³-hybridized carbons (Fsp3) is 0.185. The van der Waals surface area contributed by atoms with Crippen LogP contribution in [0.25, 0.3) is 6.08 Å². The number of nitrogens with zero attached hydrogens (tertiary/aromatic N) is 2. The average Bonchev–Trinajstić information content (AvgIpc) is 2.97. The quantitative estimate of drug-likeness (QED) is 0.639. The van der Waals surface area contributed by atoms with Crippen molar-refractivity contribution in [3.05, 3.63) is 112 Å². The Balaban J connectivity index is 1.47. The Morgan fingerprint density at radius 1 is 0.742 bits per heavy atom. The van der Waals surface area contributed by atoms with Crippen molar-refractivity contribution in [2.75, 3.05) is 23.9 Å². The largest absolute Gasteiger partial charge is 0.506 e. The van der Waals surface area contributed by atoms with Gasteiger partial charge in [-0.2, -0.15) is 0 Å². The van der Waals surface area contributed by atoms with Gasteiger partial charge in [-0.1, -0.05) is 56.3 Å². The van der Waals surface area contributed by atoms with Crippen LogP contribution in [0.4, 0.5) is 11.4 Å². The van der Waals surface area contributed by atoms with Gasteiger partial charge in [0.2, 0.25) is 0 Å². The summed E-state index contributed by atoms with van der Waals surface area (Å²) in [5.41, 5.74) is 7.30. The van der Waals surface area contributed by atoms with E-state index in [9.17, 15) is 10.2 Å². The Labute approximate surface area is 183 Å². The maximum Gasteiger partial charge on any atom is 0.137 e. The van der Waals surface area contributed by atoms with Crippen molar-refractivity contribution in [2.45, 2.75) is 19.3 Å². The standard InChI is InChI=1S/C27H26N2O2/c1-27(2)21-10-6-8-12-23(21)29(4)24(27)16-20-25(30)19(26(20)31)15-18-14-13-17-9-5-7-11-22(17)28(18)3/h5-16,30-31H,1-4H3. The van der Waals surface area contributed by atoms with Crippen molar-refractivity contribution in [3.8, 4) is 0 Å². The molecule has 0 saturated heterocycles. The number of fused-ring (bicyclic) bond motifs is 2. The minimum atomic E-state index is -0.219. The summed E-state index contributed by atoms with van der Waals surface area (Å²) >= 11 is 0. The molecule has 2 aromatic rings. The molecule has 0 spiro atoms. The van der Waals surface area contributed by atoms with E-state index in [-0.39, 0.29) is 16.9 Å². The predicted molar refractivity (Wildman–Crippen MR) is 127 cm³/mol. The molecule has 2 N–H and O–H groups in total. The Morgan fingerprint density at radius 3 is 2.06 bits per heavy atom. The number of allylic oxidation sites excluding steroid dienone is 4. The maximum absolute atomic E-state index is 10.8. The van der Waals surface area contributed by atoms with Gasteiger partial charge in [-0.25, -0.2) is 0 Å². The smallest absolute Gasteiger partial charge is 0.137 e. The van der Waals surface area contributed by atoms with E-state index in [1.54, 1.807) is 0 Å². The number of hydrogen-bond acceptors (Lipinski definition) is 4. The molecule has 3 aliphatic rings. The van der Waals surface area contributed by atoms with Crippen LogP contribution in [0.15, 0.2) is 101 Å². The fourth-order valence-electron chi connectivity index (χ4n) is 4.77. The van der Waals surface area contributed by atoms with Gasteiger partial charge in [0, 0.05) is 42.3 Å². The van der Waals surface area contributed by atoms with Crippen molar-refractivity contribution >= 4 is 17.5 Å². The lowest BCUT2D eigenvalue weighted by molar-refractivity contribution is 0.354. The van der Waals surface area contributed by atoms with Gasteiger partial charge in [0.15, 0.2) is 0 Å². The van der Waals surface area contributed by atoms with Gasteiger partial charge in [0.1, 0.15) is 11.5 Å². The van der Waals surface area contributed by atoms with Crippen LogP contribution < -0.4 is 9.80 Å². The number of aliphatic hydroxyl groups is 2. The van der Waals surface area contributed by atoms with Gasteiger partial charge in [-0.3, -0.25) is 0 Å². The summed E-state index contributed by atoms with van der Waals surface area (Å²) < 4.78 is 0. The van der Waals surface area contributed by atoms with E-state index in [1.165, 1.54) is 5.56 Å². The zero-order valence-electron chi connectivity index (χ0n) is 18.2. The third-order valence-corrected chi connectivity index (χ3v) is 6.65. The Bertz CT molecular complexity index is 1260. The monoisotopic (exact) mass is 410 g/mol. The van der Waals surface area contributed by atoms with Gasteiger partial charge < -0.3 is 20.0 Å². The summed E-state index contributed by atoms with van der Waals surface area (Å²) in [6.07, 6.45) is 7.78. The zero-order chi connectivity index (χ0) is 21.9. The molecule has 4 heteroatoms. The van der Waals surface area contributed by atoms with E-state index in [0.717, 1.165) is 28.3 Å². The number of anilines is 2. The van der Waals surface area contributed by atoms with Gasteiger partial charge in [-0.15, -0.1) is 0 Å². The van der Waals surface area contributed by atoms with Crippen LogP contribution >= 0.6 is 0 Å². The van der Waals surface area contributed by atoms with Crippen LogP contribution in [0.1, 0.15) is 25.0 Å². The van der Waals surface area contributed by atoms with Crippen molar-refractivity contribution in [2.24, 2.45) is 0 Å². The highest BCUT2D eigenvalue weighted by molar-refractivity contribution is 5.78. The molecule has 0 bridgehead atoms. The summed E-state index contributed by atoms with van der Waals surface area (Å²) in [6, 6.07) is 16.5. The van der Waals surface area contributed by atoms with Crippen molar-refractivity contribution in [1.29, 1.82) is 0 Å². The molecule has 0 saturated carbocycles. The molecule has 2 aliphatic heterocycles. The molecular weight excluding hydrogens is 384 g/mol. The zero-order valence-corrected chi connectivity index (χ0v) is 18.2. The summed E-state index contributed by atoms with van der Waals surface area (Å²) in [7, 11) is 4.01. The number of benzene rings is 2. The first kappa shape index (κ1) is 19.3. The lowest BCUT2D eigenvalue weighted by Crippen LogP contribution is -2.24.